The van der Waals surface area contributed by atoms with Crippen LogP contribution in [-0.2, 0) is 14.5 Å². The second-order valence-corrected chi connectivity index (χ2v) is 4.68. The maximum Gasteiger partial charge on any atom is 0.373 e. The number of nitrogens with zero attached hydrogens (tertiary/aromatic N) is 1. The number of carbonyl (C=O) groups excluding carboxylic acids is 1. The van der Waals surface area contributed by atoms with Crippen molar-refractivity contribution in [2.75, 3.05) is 33.4 Å². The first-order chi connectivity index (χ1) is 9.18. The molecular formula is C14H19NO4. The quantitative estimate of drug-likeness (QED) is 0.608. The van der Waals surface area contributed by atoms with Crippen molar-refractivity contribution in [2.24, 2.45) is 0 Å². The number of likely N-dealkylation sites (N-methyl/N-ethyl adjacent to an activating group) is 1. The molecule has 1 atom stereocenters. The summed E-state index contributed by atoms with van der Waals surface area (Å²) in [5.74, 6) is -0.461. The third kappa shape index (κ3) is 3.76. The average molecular weight is 265 g/mol. The van der Waals surface area contributed by atoms with E-state index in [0.29, 0.717) is 18.8 Å². The van der Waals surface area contributed by atoms with Gasteiger partial charge in [-0.2, -0.15) is 4.89 Å². The van der Waals surface area contributed by atoms with Gasteiger partial charge in [-0.05, 0) is 25.6 Å². The molecule has 0 saturated carbocycles. The highest BCUT2D eigenvalue weighted by molar-refractivity contribution is 5.90. The van der Waals surface area contributed by atoms with Crippen LogP contribution in [-0.4, -0.2) is 50.3 Å². The first kappa shape index (κ1) is 14.0. The molecule has 104 valence electrons. The maximum absolute atomic E-state index is 11.8. The van der Waals surface area contributed by atoms with E-state index in [4.69, 9.17) is 14.5 Å². The summed E-state index contributed by atoms with van der Waals surface area (Å²) in [4.78, 5) is 23.8. The third-order valence-corrected chi connectivity index (χ3v) is 3.28. The molecule has 0 N–H and O–H groups in total. The lowest BCUT2D eigenvalue weighted by Crippen LogP contribution is -2.45. The first-order valence-corrected chi connectivity index (χ1v) is 6.36. The van der Waals surface area contributed by atoms with Gasteiger partial charge in [-0.25, -0.2) is 4.79 Å². The number of hydrogen-bond donors (Lipinski definition) is 0. The van der Waals surface area contributed by atoms with Crippen LogP contribution in [0.2, 0.25) is 0 Å². The van der Waals surface area contributed by atoms with Crippen LogP contribution in [0.3, 0.4) is 0 Å². The number of carbonyl (C=O) groups is 1. The number of hydrogen-bond acceptors (Lipinski definition) is 5. The van der Waals surface area contributed by atoms with Crippen molar-refractivity contribution in [1.29, 1.82) is 0 Å². The number of morpholine rings is 1. The van der Waals surface area contributed by atoms with Crippen molar-refractivity contribution >= 4 is 5.97 Å². The lowest BCUT2D eigenvalue weighted by atomic mass is 10.1. The fourth-order valence-electron chi connectivity index (χ4n) is 1.93. The van der Waals surface area contributed by atoms with E-state index >= 15 is 0 Å². The van der Waals surface area contributed by atoms with Crippen molar-refractivity contribution in [2.45, 2.75) is 13.0 Å². The fraction of sp³-hybridized carbons (Fsp3) is 0.500. The third-order valence-electron chi connectivity index (χ3n) is 3.28. The minimum atomic E-state index is -0.461. The number of ether oxygens (including phenoxy) is 1. The van der Waals surface area contributed by atoms with Gasteiger partial charge in [0.15, 0.2) is 0 Å². The molecule has 1 aliphatic heterocycles. The number of aryl methyl sites for hydroxylation is 1. The van der Waals surface area contributed by atoms with E-state index in [1.807, 2.05) is 26.1 Å². The maximum atomic E-state index is 11.8. The van der Waals surface area contributed by atoms with Gasteiger partial charge in [-0.15, -0.1) is 0 Å². The molecule has 1 aromatic carbocycles. The van der Waals surface area contributed by atoms with E-state index < -0.39 is 5.97 Å². The highest BCUT2D eigenvalue weighted by Crippen LogP contribution is 2.10. The summed E-state index contributed by atoms with van der Waals surface area (Å²) in [6.07, 6.45) is 0. The second kappa shape index (κ2) is 6.65. The molecule has 1 unspecified atom stereocenters. The Morgan fingerprint density at radius 3 is 3.00 bits per heavy atom. The monoisotopic (exact) mass is 265 g/mol. The number of rotatable bonds is 4. The SMILES string of the molecule is Cc1ccccc1C(=O)OOCC1COCCN1C. The summed E-state index contributed by atoms with van der Waals surface area (Å²) in [5.41, 5.74) is 1.39. The summed E-state index contributed by atoms with van der Waals surface area (Å²) in [6, 6.07) is 7.38. The lowest BCUT2D eigenvalue weighted by molar-refractivity contribution is -0.254. The molecule has 1 saturated heterocycles. The Kier molecular flexibility index (Phi) is 4.90. The van der Waals surface area contributed by atoms with Crippen molar-refractivity contribution in [3.05, 3.63) is 35.4 Å². The fourth-order valence-corrected chi connectivity index (χ4v) is 1.93. The molecule has 0 aliphatic carbocycles. The van der Waals surface area contributed by atoms with E-state index in [0.717, 1.165) is 18.7 Å². The van der Waals surface area contributed by atoms with E-state index in [2.05, 4.69) is 4.90 Å². The van der Waals surface area contributed by atoms with E-state index in [9.17, 15) is 4.79 Å². The van der Waals surface area contributed by atoms with Gasteiger partial charge in [-0.1, -0.05) is 18.2 Å². The van der Waals surface area contributed by atoms with Crippen LogP contribution in [0.25, 0.3) is 0 Å². The zero-order chi connectivity index (χ0) is 13.7. The van der Waals surface area contributed by atoms with Crippen LogP contribution >= 0.6 is 0 Å². The van der Waals surface area contributed by atoms with Crippen molar-refractivity contribution in [3.63, 3.8) is 0 Å². The molecule has 0 amide bonds. The van der Waals surface area contributed by atoms with Gasteiger partial charge >= 0.3 is 5.97 Å². The molecule has 19 heavy (non-hydrogen) atoms. The van der Waals surface area contributed by atoms with Gasteiger partial charge in [0.1, 0.15) is 6.61 Å². The summed E-state index contributed by atoms with van der Waals surface area (Å²) in [7, 11) is 2.00. The molecular weight excluding hydrogens is 246 g/mol. The molecule has 5 heteroatoms. The summed E-state index contributed by atoms with van der Waals surface area (Å²) < 4.78 is 5.35. The van der Waals surface area contributed by atoms with Gasteiger partial charge in [0, 0.05) is 6.54 Å². The first-order valence-electron chi connectivity index (χ1n) is 6.36. The van der Waals surface area contributed by atoms with Crippen molar-refractivity contribution in [1.82, 2.24) is 4.90 Å². The molecule has 5 nitrogen and oxygen atoms in total. The molecule has 2 rings (SSSR count). The molecule has 1 aromatic rings. The van der Waals surface area contributed by atoms with Crippen LogP contribution in [0.15, 0.2) is 24.3 Å². The summed E-state index contributed by atoms with van der Waals surface area (Å²) in [6.45, 7) is 4.36. The van der Waals surface area contributed by atoms with Crippen LogP contribution in [0, 0.1) is 6.92 Å². The highest BCUT2D eigenvalue weighted by Gasteiger charge is 2.21. The van der Waals surface area contributed by atoms with E-state index in [1.165, 1.54) is 0 Å². The zero-order valence-corrected chi connectivity index (χ0v) is 11.3. The predicted octanol–water partition coefficient (Wildman–Crippen LogP) is 1.41. The molecule has 0 spiro atoms. The smallest absolute Gasteiger partial charge is 0.373 e. The van der Waals surface area contributed by atoms with Gasteiger partial charge in [-0.3, -0.25) is 9.79 Å². The number of benzene rings is 1. The largest absolute Gasteiger partial charge is 0.378 e. The second-order valence-electron chi connectivity index (χ2n) is 4.68. The molecule has 1 aliphatic rings. The predicted molar refractivity (Wildman–Crippen MR) is 69.8 cm³/mol. The minimum absolute atomic E-state index is 0.124. The molecule has 1 fully saturated rings. The molecule has 0 aromatic heterocycles. The Morgan fingerprint density at radius 1 is 1.47 bits per heavy atom. The highest BCUT2D eigenvalue weighted by atomic mass is 17.2. The van der Waals surface area contributed by atoms with Gasteiger partial charge in [0.2, 0.25) is 0 Å². The molecule has 0 bridgehead atoms. The summed E-state index contributed by atoms with van der Waals surface area (Å²) >= 11 is 0. The Hall–Kier alpha value is -1.43. The van der Waals surface area contributed by atoms with Crippen molar-refractivity contribution < 1.29 is 19.3 Å². The van der Waals surface area contributed by atoms with Crippen LogP contribution in [0.5, 0.6) is 0 Å². The van der Waals surface area contributed by atoms with Crippen LogP contribution in [0.4, 0.5) is 0 Å². The van der Waals surface area contributed by atoms with Crippen LogP contribution in [0.1, 0.15) is 15.9 Å². The molecule has 0 radical (unpaired) electrons. The zero-order valence-electron chi connectivity index (χ0n) is 11.3. The van der Waals surface area contributed by atoms with Crippen LogP contribution < -0.4 is 0 Å². The standard InChI is InChI=1S/C14H19NO4/c1-11-5-3-4-6-13(11)14(16)19-18-10-12-9-17-8-7-15(12)2/h3-6,12H,7-10H2,1-2H3. The topological polar surface area (TPSA) is 48.0 Å². The average Bonchev–Trinajstić information content (AvgIpc) is 2.41. The minimum Gasteiger partial charge on any atom is -0.378 e. The van der Waals surface area contributed by atoms with Gasteiger partial charge in [0.05, 0.1) is 24.8 Å². The van der Waals surface area contributed by atoms with E-state index in [1.54, 1.807) is 12.1 Å². The van der Waals surface area contributed by atoms with Gasteiger partial charge < -0.3 is 4.74 Å². The summed E-state index contributed by atoms with van der Waals surface area (Å²) in [5, 5.41) is 0. The normalized spacial score (nSPS) is 20.2. The Morgan fingerprint density at radius 2 is 2.26 bits per heavy atom. The Bertz CT molecular complexity index is 435. The Balaban J connectivity index is 1.79. The van der Waals surface area contributed by atoms with E-state index in [-0.39, 0.29) is 6.04 Å². The lowest BCUT2D eigenvalue weighted by Gasteiger charge is -2.31. The van der Waals surface area contributed by atoms with Crippen molar-refractivity contribution in [3.8, 4) is 0 Å². The Labute approximate surface area is 113 Å². The van der Waals surface area contributed by atoms with Gasteiger partial charge in [0.25, 0.3) is 0 Å². The molecule has 1 heterocycles.